The van der Waals surface area contributed by atoms with Crippen LogP contribution >= 0.6 is 23.3 Å². The Bertz CT molecular complexity index is 819. The number of benzene rings is 1. The number of para-hydroxylation sites is 1. The SMILES string of the molecule is N#Cc1c[nH]c2c(NSc3cnc(C(F)F)s3)cccc12. The number of nitrogens with zero attached hydrogens (tertiary/aromatic N) is 2. The van der Waals surface area contributed by atoms with Gasteiger partial charge < -0.3 is 9.71 Å². The summed E-state index contributed by atoms with van der Waals surface area (Å²) in [5.41, 5.74) is 2.16. The van der Waals surface area contributed by atoms with E-state index in [1.807, 2.05) is 18.2 Å². The minimum Gasteiger partial charge on any atom is -0.358 e. The third-order valence-corrected chi connectivity index (χ3v) is 4.71. The Morgan fingerprint density at radius 2 is 2.29 bits per heavy atom. The van der Waals surface area contributed by atoms with Crippen LogP contribution in [0.2, 0.25) is 0 Å². The largest absolute Gasteiger partial charge is 0.358 e. The van der Waals surface area contributed by atoms with Crippen LogP contribution in [0.25, 0.3) is 10.9 Å². The molecule has 0 aliphatic heterocycles. The van der Waals surface area contributed by atoms with E-state index in [1.54, 1.807) is 6.20 Å². The number of alkyl halides is 2. The van der Waals surface area contributed by atoms with Gasteiger partial charge in [0.1, 0.15) is 10.3 Å². The average Bonchev–Trinajstić information content (AvgIpc) is 3.11. The lowest BCUT2D eigenvalue weighted by atomic mass is 10.2. The average molecular weight is 322 g/mol. The minimum atomic E-state index is -2.55. The number of nitrogens with one attached hydrogen (secondary N) is 2. The van der Waals surface area contributed by atoms with Crippen LogP contribution in [0, 0.1) is 11.3 Å². The number of aromatic nitrogens is 2. The van der Waals surface area contributed by atoms with E-state index in [9.17, 15) is 8.78 Å². The fourth-order valence-electron chi connectivity index (χ4n) is 1.86. The second kappa shape index (κ2) is 5.71. The first-order valence-corrected chi connectivity index (χ1v) is 7.49. The van der Waals surface area contributed by atoms with Crippen molar-refractivity contribution in [2.45, 2.75) is 10.6 Å². The molecule has 4 nitrogen and oxygen atoms in total. The number of thiazole rings is 1. The molecule has 0 amide bonds. The van der Waals surface area contributed by atoms with Crippen LogP contribution in [-0.4, -0.2) is 9.97 Å². The lowest BCUT2D eigenvalue weighted by Crippen LogP contribution is -1.86. The van der Waals surface area contributed by atoms with Gasteiger partial charge in [0.15, 0.2) is 5.01 Å². The summed E-state index contributed by atoms with van der Waals surface area (Å²) in [7, 11) is 0. The smallest absolute Gasteiger partial charge is 0.289 e. The first-order chi connectivity index (χ1) is 10.2. The topological polar surface area (TPSA) is 64.5 Å². The molecular weight excluding hydrogens is 314 g/mol. The molecule has 3 aromatic rings. The third kappa shape index (κ3) is 2.70. The van der Waals surface area contributed by atoms with E-state index in [1.165, 1.54) is 18.1 Å². The molecule has 0 saturated heterocycles. The van der Waals surface area contributed by atoms with E-state index >= 15 is 0 Å². The van der Waals surface area contributed by atoms with Crippen molar-refractivity contribution in [1.82, 2.24) is 9.97 Å². The zero-order valence-corrected chi connectivity index (χ0v) is 12.1. The Morgan fingerprint density at radius 3 is 3.00 bits per heavy atom. The normalized spacial score (nSPS) is 11.0. The van der Waals surface area contributed by atoms with E-state index in [0.717, 1.165) is 27.9 Å². The zero-order valence-electron chi connectivity index (χ0n) is 10.4. The molecule has 2 heterocycles. The van der Waals surface area contributed by atoms with Crippen LogP contribution in [-0.2, 0) is 0 Å². The summed E-state index contributed by atoms with van der Waals surface area (Å²) >= 11 is 2.17. The molecule has 1 aromatic carbocycles. The molecule has 0 fully saturated rings. The van der Waals surface area contributed by atoms with Crippen molar-refractivity contribution in [2.75, 3.05) is 4.72 Å². The molecule has 2 aromatic heterocycles. The maximum Gasteiger partial charge on any atom is 0.289 e. The van der Waals surface area contributed by atoms with Gasteiger partial charge in [-0.05, 0) is 18.0 Å². The molecular formula is C13H8F2N4S2. The van der Waals surface area contributed by atoms with E-state index in [4.69, 9.17) is 5.26 Å². The molecule has 0 aliphatic rings. The Labute approximate surface area is 127 Å². The number of H-pyrrole nitrogens is 1. The van der Waals surface area contributed by atoms with Crippen LogP contribution in [0.3, 0.4) is 0 Å². The van der Waals surface area contributed by atoms with Gasteiger partial charge in [0.2, 0.25) is 0 Å². The number of aromatic amines is 1. The van der Waals surface area contributed by atoms with Crippen molar-refractivity contribution in [3.8, 4) is 6.07 Å². The number of hydrogen-bond acceptors (Lipinski definition) is 5. The number of halogens is 2. The first-order valence-electron chi connectivity index (χ1n) is 5.86. The fourth-order valence-corrected chi connectivity index (χ4v) is 3.40. The number of nitriles is 1. The minimum absolute atomic E-state index is 0.191. The van der Waals surface area contributed by atoms with E-state index in [0.29, 0.717) is 9.77 Å². The van der Waals surface area contributed by atoms with E-state index in [-0.39, 0.29) is 5.01 Å². The summed E-state index contributed by atoms with van der Waals surface area (Å²) in [6.45, 7) is 0. The molecule has 2 N–H and O–H groups in total. The Kier molecular flexibility index (Phi) is 3.77. The molecule has 0 saturated carbocycles. The van der Waals surface area contributed by atoms with Crippen LogP contribution in [0.4, 0.5) is 14.5 Å². The van der Waals surface area contributed by atoms with Crippen LogP contribution in [0.5, 0.6) is 0 Å². The van der Waals surface area contributed by atoms with Gasteiger partial charge in [0, 0.05) is 11.6 Å². The molecule has 3 rings (SSSR count). The van der Waals surface area contributed by atoms with Gasteiger partial charge in [0.25, 0.3) is 6.43 Å². The zero-order chi connectivity index (χ0) is 14.8. The first kappa shape index (κ1) is 13.9. The summed E-state index contributed by atoms with van der Waals surface area (Å²) < 4.78 is 28.7. The third-order valence-electron chi connectivity index (χ3n) is 2.79. The van der Waals surface area contributed by atoms with Crippen molar-refractivity contribution >= 4 is 39.9 Å². The standard InChI is InChI=1S/C13H8F2N4S2/c14-12(15)13-18-6-10(20-13)21-19-9-3-1-2-8-7(4-16)5-17-11(8)9/h1-3,5-6,12,17,19H. The second-order valence-electron chi connectivity index (χ2n) is 4.06. The summed E-state index contributed by atoms with van der Waals surface area (Å²) in [5, 5.41) is 9.63. The summed E-state index contributed by atoms with van der Waals surface area (Å²) in [6, 6.07) is 7.64. The van der Waals surface area contributed by atoms with Crippen molar-refractivity contribution in [1.29, 1.82) is 5.26 Å². The van der Waals surface area contributed by atoms with Gasteiger partial charge in [-0.1, -0.05) is 12.1 Å². The van der Waals surface area contributed by atoms with Gasteiger partial charge >= 0.3 is 0 Å². The fraction of sp³-hybridized carbons (Fsp3) is 0.0769. The number of fused-ring (bicyclic) bond motifs is 1. The molecule has 0 spiro atoms. The Hall–Kier alpha value is -2.11. The van der Waals surface area contributed by atoms with Crippen LogP contribution in [0.1, 0.15) is 17.0 Å². The lowest BCUT2D eigenvalue weighted by molar-refractivity contribution is 0.151. The number of rotatable bonds is 4. The Morgan fingerprint density at radius 1 is 1.43 bits per heavy atom. The highest BCUT2D eigenvalue weighted by Gasteiger charge is 2.13. The quantitative estimate of drug-likeness (QED) is 0.692. The maximum absolute atomic E-state index is 12.5. The Balaban J connectivity index is 1.82. The van der Waals surface area contributed by atoms with Gasteiger partial charge in [0.05, 0.1) is 23.0 Å². The summed E-state index contributed by atoms with van der Waals surface area (Å²) in [6.07, 6.45) is 0.510. The van der Waals surface area contributed by atoms with Gasteiger partial charge in [-0.3, -0.25) is 0 Å². The maximum atomic E-state index is 12.5. The van der Waals surface area contributed by atoms with Crippen molar-refractivity contribution in [2.24, 2.45) is 0 Å². The highest BCUT2D eigenvalue weighted by atomic mass is 32.2. The van der Waals surface area contributed by atoms with E-state index in [2.05, 4.69) is 20.8 Å². The van der Waals surface area contributed by atoms with Gasteiger partial charge in [-0.25, -0.2) is 13.8 Å². The van der Waals surface area contributed by atoms with Gasteiger partial charge in [-0.2, -0.15) is 5.26 Å². The highest BCUT2D eigenvalue weighted by molar-refractivity contribution is 8.02. The van der Waals surface area contributed by atoms with Crippen molar-refractivity contribution < 1.29 is 8.78 Å². The highest BCUT2D eigenvalue weighted by Crippen LogP contribution is 2.33. The van der Waals surface area contributed by atoms with E-state index < -0.39 is 6.43 Å². The molecule has 0 aliphatic carbocycles. The number of hydrogen-bond donors (Lipinski definition) is 2. The lowest BCUT2D eigenvalue weighted by Gasteiger charge is -2.04. The molecule has 0 bridgehead atoms. The molecule has 106 valence electrons. The molecule has 0 unspecified atom stereocenters. The van der Waals surface area contributed by atoms with Crippen LogP contribution in [0.15, 0.2) is 34.8 Å². The molecule has 0 atom stereocenters. The molecule has 21 heavy (non-hydrogen) atoms. The van der Waals surface area contributed by atoms with Gasteiger partial charge in [-0.15, -0.1) is 11.3 Å². The summed E-state index contributed by atoms with van der Waals surface area (Å²) in [5.74, 6) is 0. The van der Waals surface area contributed by atoms with Crippen molar-refractivity contribution in [3.05, 3.63) is 41.2 Å². The molecule has 0 radical (unpaired) electrons. The predicted octanol–water partition coefficient (Wildman–Crippen LogP) is 4.55. The summed E-state index contributed by atoms with van der Waals surface area (Å²) in [4.78, 5) is 6.70. The second-order valence-corrected chi connectivity index (χ2v) is 6.23. The molecule has 8 heteroatoms. The van der Waals surface area contributed by atoms with Crippen LogP contribution < -0.4 is 4.72 Å². The predicted molar refractivity (Wildman–Crippen MR) is 79.6 cm³/mol. The van der Waals surface area contributed by atoms with Crippen molar-refractivity contribution in [3.63, 3.8) is 0 Å². The number of anilines is 1. The monoisotopic (exact) mass is 322 g/mol.